The van der Waals surface area contributed by atoms with E-state index in [1.165, 1.54) is 0 Å². The number of aliphatic hydroxyl groups is 1. The number of rotatable bonds is 3. The van der Waals surface area contributed by atoms with E-state index in [4.69, 9.17) is 16.1 Å². The Kier molecular flexibility index (Phi) is 5.61. The second-order valence-electron chi connectivity index (χ2n) is 8.52. The number of hydrogen-bond acceptors (Lipinski definition) is 5. The fourth-order valence-corrected chi connectivity index (χ4v) is 3.50. The lowest BCUT2D eigenvalue weighted by Crippen LogP contribution is -2.49. The zero-order valence-corrected chi connectivity index (χ0v) is 16.6. The van der Waals surface area contributed by atoms with Crippen LogP contribution in [-0.2, 0) is 9.57 Å². The monoisotopic (exact) mass is 385 g/mol. The topological polar surface area (TPSA) is 75.7 Å². The van der Waals surface area contributed by atoms with E-state index >= 15 is 0 Å². The minimum Gasteiger partial charge on any atom is -0.444 e. The summed E-state index contributed by atoms with van der Waals surface area (Å²) in [5.41, 5.74) is 0.953. The highest BCUT2D eigenvalue weighted by molar-refractivity contribution is 6.01. The van der Waals surface area contributed by atoms with Gasteiger partial charge < -0.3 is 19.6 Å². The molecule has 0 bridgehead atoms. The molecule has 1 saturated heterocycles. The molecule has 0 radical (unpaired) electrons. The van der Waals surface area contributed by atoms with Crippen molar-refractivity contribution in [2.75, 3.05) is 13.1 Å². The SMILES string of the molecule is [C-]#[N+]c1ccc(C2=NOC(CC3(O)CCN(C(=O)OC(C)(C)C)CC3)C2)cc1. The molecule has 1 N–H and O–H groups in total. The third-order valence-corrected chi connectivity index (χ3v) is 5.02. The van der Waals surface area contributed by atoms with Crippen LogP contribution >= 0.6 is 0 Å². The number of ether oxygens (including phenoxy) is 1. The molecule has 0 saturated carbocycles. The van der Waals surface area contributed by atoms with Crippen LogP contribution in [0.1, 0.15) is 52.0 Å². The predicted octanol–water partition coefficient (Wildman–Crippen LogP) is 3.88. The lowest BCUT2D eigenvalue weighted by atomic mass is 9.85. The van der Waals surface area contributed by atoms with Crippen molar-refractivity contribution in [2.24, 2.45) is 5.16 Å². The van der Waals surface area contributed by atoms with Crippen LogP contribution in [0.4, 0.5) is 10.5 Å². The predicted molar refractivity (Wildman–Crippen MR) is 105 cm³/mol. The molecular weight excluding hydrogens is 358 g/mol. The van der Waals surface area contributed by atoms with Gasteiger partial charge >= 0.3 is 6.09 Å². The van der Waals surface area contributed by atoms with Crippen LogP contribution in [0.25, 0.3) is 4.85 Å². The second-order valence-corrected chi connectivity index (χ2v) is 8.52. The van der Waals surface area contributed by atoms with Crippen LogP contribution in [0.5, 0.6) is 0 Å². The van der Waals surface area contributed by atoms with Gasteiger partial charge in [-0.1, -0.05) is 29.4 Å². The average molecular weight is 385 g/mol. The second kappa shape index (κ2) is 7.80. The fourth-order valence-electron chi connectivity index (χ4n) is 3.50. The van der Waals surface area contributed by atoms with E-state index < -0.39 is 11.2 Å². The highest BCUT2D eigenvalue weighted by Crippen LogP contribution is 2.32. The minimum absolute atomic E-state index is 0.186. The van der Waals surface area contributed by atoms with E-state index in [0.717, 1.165) is 11.3 Å². The van der Waals surface area contributed by atoms with Crippen LogP contribution in [0, 0.1) is 6.57 Å². The Bertz CT molecular complexity index is 781. The molecule has 1 aromatic carbocycles. The number of carbonyl (C=O) groups excluding carboxylic acids is 1. The third-order valence-electron chi connectivity index (χ3n) is 5.02. The molecule has 3 rings (SSSR count). The van der Waals surface area contributed by atoms with Crippen molar-refractivity contribution in [3.05, 3.63) is 41.2 Å². The summed E-state index contributed by atoms with van der Waals surface area (Å²) in [6.45, 7) is 13.5. The number of oxime groups is 1. The Morgan fingerprint density at radius 1 is 1.36 bits per heavy atom. The number of amides is 1. The molecule has 1 amide bonds. The lowest BCUT2D eigenvalue weighted by molar-refractivity contribution is -0.0657. The minimum atomic E-state index is -0.873. The average Bonchev–Trinajstić information content (AvgIpc) is 3.08. The Balaban J connectivity index is 1.50. The standard InChI is InChI=1S/C21H27N3O4/c1-20(2,3)27-19(25)24-11-9-21(26,10-12-24)14-17-13-18(23-28-17)15-5-7-16(22-4)8-6-15/h5-8,17,26H,9-14H2,1-3H3. The maximum Gasteiger partial charge on any atom is 0.410 e. The van der Waals surface area contributed by atoms with Crippen molar-refractivity contribution in [1.29, 1.82) is 0 Å². The first-order valence-electron chi connectivity index (χ1n) is 9.58. The summed E-state index contributed by atoms with van der Waals surface area (Å²) in [6, 6.07) is 7.26. The highest BCUT2D eigenvalue weighted by Gasteiger charge is 2.39. The van der Waals surface area contributed by atoms with Gasteiger partial charge in [-0.3, -0.25) is 0 Å². The van der Waals surface area contributed by atoms with E-state index in [1.54, 1.807) is 17.0 Å². The van der Waals surface area contributed by atoms with Crippen molar-refractivity contribution in [1.82, 2.24) is 4.90 Å². The normalized spacial score (nSPS) is 21.5. The molecule has 2 heterocycles. The first-order chi connectivity index (χ1) is 13.2. The van der Waals surface area contributed by atoms with Crippen LogP contribution in [0.15, 0.2) is 29.4 Å². The van der Waals surface area contributed by atoms with Gasteiger partial charge in [-0.05, 0) is 39.2 Å². The molecular formula is C21H27N3O4. The van der Waals surface area contributed by atoms with E-state index in [0.29, 0.717) is 44.5 Å². The number of piperidine rings is 1. The summed E-state index contributed by atoms with van der Waals surface area (Å²) in [5.74, 6) is 0. The molecule has 7 heteroatoms. The van der Waals surface area contributed by atoms with Crippen molar-refractivity contribution < 1.29 is 19.5 Å². The number of likely N-dealkylation sites (tertiary alicyclic amines) is 1. The molecule has 0 aromatic heterocycles. The molecule has 150 valence electrons. The molecule has 1 atom stereocenters. The smallest absolute Gasteiger partial charge is 0.410 e. The lowest BCUT2D eigenvalue weighted by Gasteiger charge is -2.39. The third kappa shape index (κ3) is 5.02. The molecule has 0 spiro atoms. The first-order valence-corrected chi connectivity index (χ1v) is 9.58. The largest absolute Gasteiger partial charge is 0.444 e. The van der Waals surface area contributed by atoms with Crippen LogP contribution in [0.2, 0.25) is 0 Å². The van der Waals surface area contributed by atoms with Crippen LogP contribution < -0.4 is 0 Å². The van der Waals surface area contributed by atoms with Crippen LogP contribution in [-0.4, -0.2) is 52.2 Å². The Labute approximate surface area is 165 Å². The Hall–Kier alpha value is -2.59. The summed E-state index contributed by atoms with van der Waals surface area (Å²) in [5, 5.41) is 15.1. The fraction of sp³-hybridized carbons (Fsp3) is 0.571. The highest BCUT2D eigenvalue weighted by atomic mass is 16.6. The van der Waals surface area contributed by atoms with E-state index in [2.05, 4.69) is 10.0 Å². The van der Waals surface area contributed by atoms with E-state index in [-0.39, 0.29) is 12.2 Å². The summed E-state index contributed by atoms with van der Waals surface area (Å²) in [7, 11) is 0. The maximum absolute atomic E-state index is 12.2. The maximum atomic E-state index is 12.2. The van der Waals surface area contributed by atoms with Gasteiger partial charge in [0.25, 0.3) is 0 Å². The number of nitrogens with zero attached hydrogens (tertiary/aromatic N) is 3. The quantitative estimate of drug-likeness (QED) is 0.801. The summed E-state index contributed by atoms with van der Waals surface area (Å²) in [4.78, 5) is 22.8. The van der Waals surface area contributed by atoms with Gasteiger partial charge in [0.2, 0.25) is 0 Å². The number of carbonyl (C=O) groups is 1. The van der Waals surface area contributed by atoms with Gasteiger partial charge in [-0.2, -0.15) is 0 Å². The molecule has 28 heavy (non-hydrogen) atoms. The molecule has 1 fully saturated rings. The molecule has 1 unspecified atom stereocenters. The van der Waals surface area contributed by atoms with Crippen molar-refractivity contribution in [2.45, 2.75) is 63.8 Å². The molecule has 2 aliphatic heterocycles. The van der Waals surface area contributed by atoms with Gasteiger partial charge in [0.15, 0.2) is 5.69 Å². The van der Waals surface area contributed by atoms with E-state index in [9.17, 15) is 9.90 Å². The number of hydrogen-bond donors (Lipinski definition) is 1. The van der Waals surface area contributed by atoms with Gasteiger partial charge in [0, 0.05) is 25.9 Å². The first kappa shape index (κ1) is 20.2. The zero-order chi connectivity index (χ0) is 20.4. The van der Waals surface area contributed by atoms with Gasteiger partial charge in [0.05, 0.1) is 17.9 Å². The van der Waals surface area contributed by atoms with E-state index in [1.807, 2.05) is 32.9 Å². The van der Waals surface area contributed by atoms with Gasteiger partial charge in [-0.15, -0.1) is 0 Å². The molecule has 2 aliphatic rings. The number of benzene rings is 1. The Morgan fingerprint density at radius 3 is 2.57 bits per heavy atom. The summed E-state index contributed by atoms with van der Waals surface area (Å²) in [6.07, 6.45) is 1.55. The van der Waals surface area contributed by atoms with Crippen molar-refractivity contribution in [3.63, 3.8) is 0 Å². The van der Waals surface area contributed by atoms with Gasteiger partial charge in [-0.25, -0.2) is 9.64 Å². The Morgan fingerprint density at radius 2 is 2.00 bits per heavy atom. The van der Waals surface area contributed by atoms with Crippen molar-refractivity contribution in [3.8, 4) is 0 Å². The summed E-state index contributed by atoms with van der Waals surface area (Å²) < 4.78 is 5.40. The van der Waals surface area contributed by atoms with Gasteiger partial charge in [0.1, 0.15) is 11.7 Å². The molecule has 0 aliphatic carbocycles. The molecule has 7 nitrogen and oxygen atoms in total. The summed E-state index contributed by atoms with van der Waals surface area (Å²) >= 11 is 0. The zero-order valence-electron chi connectivity index (χ0n) is 16.6. The molecule has 1 aromatic rings. The van der Waals surface area contributed by atoms with Crippen molar-refractivity contribution >= 4 is 17.5 Å². The van der Waals surface area contributed by atoms with Crippen LogP contribution in [0.3, 0.4) is 0 Å².